The minimum absolute atomic E-state index is 0.164. The second kappa shape index (κ2) is 4.85. The first kappa shape index (κ1) is 12.3. The van der Waals surface area contributed by atoms with Gasteiger partial charge in [-0.1, -0.05) is 6.92 Å². The van der Waals surface area contributed by atoms with Crippen LogP contribution in [-0.4, -0.2) is 45.6 Å². The molecule has 1 saturated heterocycles. The third-order valence-electron chi connectivity index (χ3n) is 2.63. The Hall–Kier alpha value is -0.750. The average Bonchev–Trinajstić information content (AvgIpc) is 2.63. The lowest BCUT2D eigenvalue weighted by Gasteiger charge is -2.25. The minimum atomic E-state index is -0.940. The Morgan fingerprint density at radius 1 is 1.53 bits per heavy atom. The van der Waals surface area contributed by atoms with Crippen LogP contribution < -0.4 is 5.73 Å². The Labute approximate surface area is 93.0 Å². The molecule has 0 saturated carbocycles. The van der Waals surface area contributed by atoms with Gasteiger partial charge in [0.15, 0.2) is 0 Å². The first-order valence-corrected chi connectivity index (χ1v) is 5.97. The normalized spacial score (nSPS) is 25.0. The lowest BCUT2D eigenvalue weighted by Crippen LogP contribution is -2.47. The molecule has 0 spiro atoms. The van der Waals surface area contributed by atoms with Crippen molar-refractivity contribution in [3.8, 4) is 0 Å². The lowest BCUT2D eigenvalue weighted by atomic mass is 10.0. The summed E-state index contributed by atoms with van der Waals surface area (Å²) in [6, 6.07) is -0.943. The molecule has 0 aromatic carbocycles. The summed E-state index contributed by atoms with van der Waals surface area (Å²) >= 11 is 1.46. The molecule has 0 bridgehead atoms. The summed E-state index contributed by atoms with van der Waals surface area (Å²) in [5.74, 6) is -0.516. The van der Waals surface area contributed by atoms with Crippen molar-refractivity contribution >= 4 is 23.6 Å². The molecule has 3 atom stereocenters. The van der Waals surface area contributed by atoms with Crippen molar-refractivity contribution in [2.24, 2.45) is 11.7 Å². The molecule has 0 aromatic heterocycles. The highest BCUT2D eigenvalue weighted by atomic mass is 32.2. The second-order valence-corrected chi connectivity index (χ2v) is 4.81. The van der Waals surface area contributed by atoms with Gasteiger partial charge >= 0.3 is 5.97 Å². The average molecular weight is 232 g/mol. The zero-order chi connectivity index (χ0) is 11.6. The summed E-state index contributed by atoms with van der Waals surface area (Å²) in [7, 11) is 0. The standard InChI is InChI=1S/C9H16N2O3S/c1-5(6(2)10)8(12)11-4-15-3-7(11)9(13)14/h5-7H,3-4,10H2,1-2H3,(H,13,14). The van der Waals surface area contributed by atoms with Gasteiger partial charge in [-0.25, -0.2) is 4.79 Å². The van der Waals surface area contributed by atoms with E-state index in [2.05, 4.69) is 0 Å². The van der Waals surface area contributed by atoms with E-state index < -0.39 is 12.0 Å². The Morgan fingerprint density at radius 3 is 2.60 bits per heavy atom. The van der Waals surface area contributed by atoms with Crippen LogP contribution in [0.4, 0.5) is 0 Å². The van der Waals surface area contributed by atoms with Crippen molar-refractivity contribution in [1.29, 1.82) is 0 Å². The molecular formula is C9H16N2O3S. The number of hydrogen-bond acceptors (Lipinski definition) is 4. The summed E-state index contributed by atoms with van der Waals surface area (Å²) in [4.78, 5) is 24.1. The molecule has 86 valence electrons. The van der Waals surface area contributed by atoms with Gasteiger partial charge in [0, 0.05) is 11.8 Å². The Bertz CT molecular complexity index is 270. The number of carboxylic acids is 1. The Morgan fingerprint density at radius 2 is 2.13 bits per heavy atom. The van der Waals surface area contributed by atoms with Crippen LogP contribution in [0.3, 0.4) is 0 Å². The van der Waals surface area contributed by atoms with E-state index in [9.17, 15) is 9.59 Å². The van der Waals surface area contributed by atoms with E-state index >= 15 is 0 Å². The zero-order valence-corrected chi connectivity index (χ0v) is 9.66. The van der Waals surface area contributed by atoms with Crippen molar-refractivity contribution in [3.05, 3.63) is 0 Å². The number of nitrogens with two attached hydrogens (primary N) is 1. The van der Waals surface area contributed by atoms with Gasteiger partial charge in [-0.3, -0.25) is 4.79 Å². The molecule has 0 radical (unpaired) electrons. The van der Waals surface area contributed by atoms with Crippen LogP contribution in [0.5, 0.6) is 0 Å². The fraction of sp³-hybridized carbons (Fsp3) is 0.778. The summed E-state index contributed by atoms with van der Waals surface area (Å²) in [5, 5.41) is 8.91. The summed E-state index contributed by atoms with van der Waals surface area (Å²) in [6.07, 6.45) is 0. The maximum atomic E-state index is 11.9. The predicted molar refractivity (Wildman–Crippen MR) is 58.4 cm³/mol. The fourth-order valence-electron chi connectivity index (χ4n) is 1.35. The Balaban J connectivity index is 2.70. The van der Waals surface area contributed by atoms with Crippen LogP contribution in [0.2, 0.25) is 0 Å². The summed E-state index contributed by atoms with van der Waals surface area (Å²) in [6.45, 7) is 3.48. The molecule has 1 amide bonds. The van der Waals surface area contributed by atoms with Gasteiger partial charge in [-0.15, -0.1) is 11.8 Å². The van der Waals surface area contributed by atoms with Crippen LogP contribution in [0, 0.1) is 5.92 Å². The first-order chi connectivity index (χ1) is 6.95. The van der Waals surface area contributed by atoms with Crippen molar-refractivity contribution in [2.45, 2.75) is 25.9 Å². The largest absolute Gasteiger partial charge is 0.480 e. The smallest absolute Gasteiger partial charge is 0.327 e. The van der Waals surface area contributed by atoms with Crippen LogP contribution in [0.1, 0.15) is 13.8 Å². The molecule has 15 heavy (non-hydrogen) atoms. The second-order valence-electron chi connectivity index (χ2n) is 3.81. The summed E-state index contributed by atoms with van der Waals surface area (Å²) in [5.41, 5.74) is 5.62. The molecule has 1 aliphatic heterocycles. The summed E-state index contributed by atoms with van der Waals surface area (Å²) < 4.78 is 0. The van der Waals surface area contributed by atoms with E-state index in [1.807, 2.05) is 0 Å². The quantitative estimate of drug-likeness (QED) is 0.713. The number of thioether (sulfide) groups is 1. The maximum Gasteiger partial charge on any atom is 0.327 e. The van der Waals surface area contributed by atoms with Crippen LogP contribution in [-0.2, 0) is 9.59 Å². The molecule has 0 aromatic rings. The van der Waals surface area contributed by atoms with E-state index in [1.165, 1.54) is 16.7 Å². The van der Waals surface area contributed by atoms with E-state index in [0.29, 0.717) is 11.6 Å². The Kier molecular flexibility index (Phi) is 3.98. The van der Waals surface area contributed by atoms with Crippen molar-refractivity contribution in [2.75, 3.05) is 11.6 Å². The lowest BCUT2D eigenvalue weighted by molar-refractivity contribution is -0.149. The molecule has 3 unspecified atom stereocenters. The van der Waals surface area contributed by atoms with E-state index in [0.717, 1.165) is 0 Å². The third-order valence-corrected chi connectivity index (χ3v) is 3.64. The predicted octanol–water partition coefficient (Wildman–Crippen LogP) is -0.0442. The van der Waals surface area contributed by atoms with E-state index in [-0.39, 0.29) is 17.9 Å². The highest BCUT2D eigenvalue weighted by Crippen LogP contribution is 2.23. The number of carbonyl (C=O) groups excluding carboxylic acids is 1. The number of carbonyl (C=O) groups is 2. The number of aliphatic carboxylic acids is 1. The maximum absolute atomic E-state index is 11.9. The SMILES string of the molecule is CC(N)C(C)C(=O)N1CSCC1C(=O)O. The number of nitrogens with zero attached hydrogens (tertiary/aromatic N) is 1. The van der Waals surface area contributed by atoms with E-state index in [1.54, 1.807) is 13.8 Å². The fourth-order valence-corrected chi connectivity index (χ4v) is 2.51. The highest BCUT2D eigenvalue weighted by Gasteiger charge is 2.36. The number of hydrogen-bond donors (Lipinski definition) is 2. The van der Waals surface area contributed by atoms with Crippen molar-refractivity contribution < 1.29 is 14.7 Å². The van der Waals surface area contributed by atoms with Gasteiger partial charge in [0.25, 0.3) is 0 Å². The molecule has 1 fully saturated rings. The zero-order valence-electron chi connectivity index (χ0n) is 8.84. The third kappa shape index (κ3) is 2.63. The molecule has 1 rings (SSSR count). The number of carboxylic acid groups (broad SMARTS) is 1. The van der Waals surface area contributed by atoms with Crippen LogP contribution in [0.15, 0.2) is 0 Å². The van der Waals surface area contributed by atoms with Crippen LogP contribution in [0.25, 0.3) is 0 Å². The highest BCUT2D eigenvalue weighted by molar-refractivity contribution is 7.99. The molecule has 3 N–H and O–H groups in total. The van der Waals surface area contributed by atoms with Gasteiger partial charge in [0.05, 0.1) is 11.8 Å². The molecule has 6 heteroatoms. The monoisotopic (exact) mass is 232 g/mol. The molecule has 0 aliphatic carbocycles. The number of rotatable bonds is 3. The topological polar surface area (TPSA) is 83.6 Å². The first-order valence-electron chi connectivity index (χ1n) is 4.81. The van der Waals surface area contributed by atoms with Crippen molar-refractivity contribution in [1.82, 2.24) is 4.90 Å². The number of amides is 1. The molecule has 5 nitrogen and oxygen atoms in total. The molecule has 1 aliphatic rings. The van der Waals surface area contributed by atoms with Gasteiger partial charge in [-0.05, 0) is 6.92 Å². The van der Waals surface area contributed by atoms with Crippen molar-refractivity contribution in [3.63, 3.8) is 0 Å². The van der Waals surface area contributed by atoms with Gasteiger partial charge < -0.3 is 15.7 Å². The minimum Gasteiger partial charge on any atom is -0.480 e. The van der Waals surface area contributed by atoms with Gasteiger partial charge in [0.1, 0.15) is 6.04 Å². The van der Waals surface area contributed by atoms with Crippen LogP contribution >= 0.6 is 11.8 Å². The van der Waals surface area contributed by atoms with Gasteiger partial charge in [0.2, 0.25) is 5.91 Å². The molecular weight excluding hydrogens is 216 g/mol. The molecule has 1 heterocycles. The van der Waals surface area contributed by atoms with Gasteiger partial charge in [-0.2, -0.15) is 0 Å². The van der Waals surface area contributed by atoms with E-state index in [4.69, 9.17) is 10.8 Å².